The van der Waals surface area contributed by atoms with Crippen LogP contribution in [-0.2, 0) is 17.8 Å². The normalized spacial score (nSPS) is 10.4. The summed E-state index contributed by atoms with van der Waals surface area (Å²) in [6, 6.07) is 7.68. The Kier molecular flexibility index (Phi) is 4.18. The second-order valence-electron chi connectivity index (χ2n) is 4.22. The van der Waals surface area contributed by atoms with Crippen molar-refractivity contribution < 1.29 is 19.1 Å². The molecule has 5 nitrogen and oxygen atoms in total. The topological polar surface area (TPSA) is 72.6 Å². The zero-order valence-electron chi connectivity index (χ0n) is 10.6. The van der Waals surface area contributed by atoms with Gasteiger partial charge in [-0.25, -0.2) is 4.98 Å². The number of carbonyl (C=O) groups is 1. The molecule has 0 fully saturated rings. The maximum Gasteiger partial charge on any atom is 0.303 e. The minimum atomic E-state index is -0.853. The molecule has 0 unspecified atom stereocenters. The highest BCUT2D eigenvalue weighted by Gasteiger charge is 2.06. The first-order chi connectivity index (χ1) is 9.13. The van der Waals surface area contributed by atoms with E-state index in [0.29, 0.717) is 18.1 Å². The molecule has 0 spiro atoms. The van der Waals surface area contributed by atoms with E-state index in [1.165, 1.54) is 11.8 Å². The van der Waals surface area contributed by atoms with Crippen molar-refractivity contribution in [1.82, 2.24) is 4.98 Å². The summed E-state index contributed by atoms with van der Waals surface area (Å²) in [4.78, 5) is 14.5. The standard InChI is InChI=1S/C14H15NO4/c1-10-2-4-11(5-3-10)18-9-13-15-8-12(19-13)6-7-14(16)17/h2-5,8H,6-7,9H2,1H3,(H,16,17). The van der Waals surface area contributed by atoms with Crippen LogP contribution in [0.5, 0.6) is 5.75 Å². The average molecular weight is 261 g/mol. The first-order valence-electron chi connectivity index (χ1n) is 5.98. The molecule has 1 N–H and O–H groups in total. The van der Waals surface area contributed by atoms with Crippen LogP contribution in [0.15, 0.2) is 34.9 Å². The van der Waals surface area contributed by atoms with Crippen LogP contribution in [0.25, 0.3) is 0 Å². The van der Waals surface area contributed by atoms with Crippen LogP contribution in [0.2, 0.25) is 0 Å². The summed E-state index contributed by atoms with van der Waals surface area (Å²) >= 11 is 0. The van der Waals surface area contributed by atoms with Gasteiger partial charge in [0.15, 0.2) is 6.61 Å². The van der Waals surface area contributed by atoms with Gasteiger partial charge in [-0.05, 0) is 19.1 Å². The van der Waals surface area contributed by atoms with Gasteiger partial charge in [0.1, 0.15) is 11.5 Å². The van der Waals surface area contributed by atoms with Crippen molar-refractivity contribution in [3.05, 3.63) is 47.7 Å². The fourth-order valence-electron chi connectivity index (χ4n) is 1.54. The predicted octanol–water partition coefficient (Wildman–Crippen LogP) is 2.58. The van der Waals surface area contributed by atoms with Gasteiger partial charge in [0.2, 0.25) is 5.89 Å². The van der Waals surface area contributed by atoms with E-state index in [1.54, 1.807) is 0 Å². The number of nitrogens with zero attached hydrogens (tertiary/aromatic N) is 1. The van der Waals surface area contributed by atoms with E-state index in [-0.39, 0.29) is 13.0 Å². The highest BCUT2D eigenvalue weighted by atomic mass is 16.5. The quantitative estimate of drug-likeness (QED) is 0.865. The molecule has 0 amide bonds. The molecule has 100 valence electrons. The first kappa shape index (κ1) is 13.1. The van der Waals surface area contributed by atoms with Gasteiger partial charge in [-0.15, -0.1) is 0 Å². The van der Waals surface area contributed by atoms with Crippen molar-refractivity contribution in [2.24, 2.45) is 0 Å². The lowest BCUT2D eigenvalue weighted by Crippen LogP contribution is -1.96. The Labute approximate surface area is 110 Å². The zero-order chi connectivity index (χ0) is 13.7. The smallest absolute Gasteiger partial charge is 0.303 e. The van der Waals surface area contributed by atoms with Crippen molar-refractivity contribution in [1.29, 1.82) is 0 Å². The van der Waals surface area contributed by atoms with Crippen molar-refractivity contribution in [2.75, 3.05) is 0 Å². The monoisotopic (exact) mass is 261 g/mol. The molecule has 0 radical (unpaired) electrons. The fourth-order valence-corrected chi connectivity index (χ4v) is 1.54. The van der Waals surface area contributed by atoms with Crippen LogP contribution in [-0.4, -0.2) is 16.1 Å². The molecule has 2 rings (SSSR count). The number of aryl methyl sites for hydroxylation is 2. The van der Waals surface area contributed by atoms with Crippen molar-refractivity contribution >= 4 is 5.97 Å². The lowest BCUT2D eigenvalue weighted by molar-refractivity contribution is -0.137. The van der Waals surface area contributed by atoms with E-state index in [4.69, 9.17) is 14.3 Å². The van der Waals surface area contributed by atoms with Gasteiger partial charge in [0, 0.05) is 6.42 Å². The Balaban J connectivity index is 1.86. The van der Waals surface area contributed by atoms with E-state index in [2.05, 4.69) is 4.98 Å². The van der Waals surface area contributed by atoms with Crippen LogP contribution >= 0.6 is 0 Å². The molecule has 5 heteroatoms. The highest BCUT2D eigenvalue weighted by molar-refractivity contribution is 5.66. The Morgan fingerprint density at radius 1 is 1.37 bits per heavy atom. The second-order valence-corrected chi connectivity index (χ2v) is 4.22. The van der Waals surface area contributed by atoms with Crippen molar-refractivity contribution in [3.8, 4) is 5.75 Å². The molecular formula is C14H15NO4. The van der Waals surface area contributed by atoms with E-state index in [0.717, 1.165) is 5.75 Å². The third kappa shape index (κ3) is 4.13. The minimum absolute atomic E-state index is 0.0352. The molecule has 1 aromatic heterocycles. The molecule has 2 aromatic rings. The van der Waals surface area contributed by atoms with Gasteiger partial charge in [-0.1, -0.05) is 17.7 Å². The molecular weight excluding hydrogens is 246 g/mol. The molecule has 0 saturated heterocycles. The van der Waals surface area contributed by atoms with E-state index in [9.17, 15) is 4.79 Å². The number of carboxylic acid groups (broad SMARTS) is 1. The molecule has 19 heavy (non-hydrogen) atoms. The molecule has 0 aliphatic heterocycles. The van der Waals surface area contributed by atoms with Crippen molar-refractivity contribution in [2.45, 2.75) is 26.4 Å². The van der Waals surface area contributed by atoms with Gasteiger partial charge in [0.25, 0.3) is 0 Å². The average Bonchev–Trinajstić information content (AvgIpc) is 2.84. The van der Waals surface area contributed by atoms with E-state index >= 15 is 0 Å². The fraction of sp³-hybridized carbons (Fsp3) is 0.286. The summed E-state index contributed by atoms with van der Waals surface area (Å²) in [5.41, 5.74) is 1.17. The molecule has 1 heterocycles. The number of benzene rings is 1. The number of hydrogen-bond donors (Lipinski definition) is 1. The van der Waals surface area contributed by atoms with E-state index in [1.807, 2.05) is 31.2 Å². The van der Waals surface area contributed by atoms with Gasteiger partial charge in [-0.2, -0.15) is 0 Å². The second kappa shape index (κ2) is 6.04. The van der Waals surface area contributed by atoms with Crippen molar-refractivity contribution in [3.63, 3.8) is 0 Å². The largest absolute Gasteiger partial charge is 0.484 e. The Hall–Kier alpha value is -2.30. The SMILES string of the molecule is Cc1ccc(OCc2ncc(CCC(=O)O)o2)cc1. The number of aliphatic carboxylic acids is 1. The number of aromatic nitrogens is 1. The first-order valence-corrected chi connectivity index (χ1v) is 5.98. The third-order valence-corrected chi connectivity index (χ3v) is 2.57. The van der Waals surface area contributed by atoms with E-state index < -0.39 is 5.97 Å². The van der Waals surface area contributed by atoms with Gasteiger partial charge >= 0.3 is 5.97 Å². The van der Waals surface area contributed by atoms with Crippen LogP contribution in [0.4, 0.5) is 0 Å². The van der Waals surface area contributed by atoms with Crippen LogP contribution < -0.4 is 4.74 Å². The number of carboxylic acids is 1. The summed E-state index contributed by atoms with van der Waals surface area (Å²) < 4.78 is 10.9. The lowest BCUT2D eigenvalue weighted by atomic mass is 10.2. The molecule has 0 bridgehead atoms. The highest BCUT2D eigenvalue weighted by Crippen LogP contribution is 2.14. The van der Waals surface area contributed by atoms with Crippen LogP contribution in [0.3, 0.4) is 0 Å². The summed E-state index contributed by atoms with van der Waals surface area (Å²) in [6.07, 6.45) is 1.91. The summed E-state index contributed by atoms with van der Waals surface area (Å²) in [5, 5.41) is 8.57. The molecule has 1 aromatic carbocycles. The maximum atomic E-state index is 10.4. The Bertz CT molecular complexity index is 545. The van der Waals surface area contributed by atoms with Crippen LogP contribution in [0, 0.1) is 6.92 Å². The molecule has 0 atom stereocenters. The number of hydrogen-bond acceptors (Lipinski definition) is 4. The van der Waals surface area contributed by atoms with Crippen LogP contribution in [0.1, 0.15) is 23.6 Å². The van der Waals surface area contributed by atoms with Gasteiger partial charge < -0.3 is 14.3 Å². The summed E-state index contributed by atoms with van der Waals surface area (Å²) in [6.45, 7) is 2.24. The number of rotatable bonds is 6. The lowest BCUT2D eigenvalue weighted by Gasteiger charge is -2.03. The molecule has 0 saturated carbocycles. The van der Waals surface area contributed by atoms with Gasteiger partial charge in [-0.3, -0.25) is 4.79 Å². The minimum Gasteiger partial charge on any atom is -0.484 e. The summed E-state index contributed by atoms with van der Waals surface area (Å²) in [5.74, 6) is 0.899. The number of oxazole rings is 1. The Morgan fingerprint density at radius 3 is 2.79 bits per heavy atom. The Morgan fingerprint density at radius 2 is 2.11 bits per heavy atom. The molecule has 0 aliphatic rings. The predicted molar refractivity (Wildman–Crippen MR) is 68.0 cm³/mol. The zero-order valence-corrected chi connectivity index (χ0v) is 10.6. The number of ether oxygens (including phenoxy) is 1. The van der Waals surface area contributed by atoms with Gasteiger partial charge in [0.05, 0.1) is 12.6 Å². The molecule has 0 aliphatic carbocycles. The third-order valence-electron chi connectivity index (χ3n) is 2.57. The maximum absolute atomic E-state index is 10.4. The summed E-state index contributed by atoms with van der Waals surface area (Å²) in [7, 11) is 0.